The number of nitrogens with zero attached hydrogens (tertiary/aromatic N) is 1. The molecule has 0 bridgehead atoms. The molecule has 1 fully saturated rings. The SMILES string of the molecule is COCCCN1C(=O)C(=O)C(=C(O)c2ccc(OCC(C)C)c(C)c2)[C@@H]1c1ccccc1. The summed E-state index contributed by atoms with van der Waals surface area (Å²) in [4.78, 5) is 27.4. The van der Waals surface area contributed by atoms with Gasteiger partial charge in [-0.05, 0) is 48.6 Å². The third kappa shape index (κ3) is 5.02. The molecular weight excluding hydrogens is 406 g/mol. The summed E-state index contributed by atoms with van der Waals surface area (Å²) in [5, 5.41) is 11.2. The van der Waals surface area contributed by atoms with Crippen LogP contribution in [-0.2, 0) is 14.3 Å². The summed E-state index contributed by atoms with van der Waals surface area (Å²) in [6.07, 6.45) is 0.591. The molecule has 0 radical (unpaired) electrons. The molecule has 0 spiro atoms. The summed E-state index contributed by atoms with van der Waals surface area (Å²) in [5.41, 5.74) is 2.21. The Morgan fingerprint density at radius 1 is 1.12 bits per heavy atom. The van der Waals surface area contributed by atoms with Gasteiger partial charge in [0.15, 0.2) is 0 Å². The largest absolute Gasteiger partial charge is 0.507 e. The van der Waals surface area contributed by atoms with Gasteiger partial charge in [0.2, 0.25) is 0 Å². The lowest BCUT2D eigenvalue weighted by molar-refractivity contribution is -0.140. The van der Waals surface area contributed by atoms with Crippen molar-refractivity contribution in [3.05, 3.63) is 70.8 Å². The standard InChI is InChI=1S/C26H31NO5/c1-17(2)16-32-21-12-11-20(15-18(21)3)24(28)22-23(19-9-6-5-7-10-19)27(13-8-14-31-4)26(30)25(22)29/h5-7,9-12,15,17,23,28H,8,13-14,16H2,1-4H3/t23-/m0/s1. The zero-order valence-corrected chi connectivity index (χ0v) is 19.1. The van der Waals surface area contributed by atoms with Gasteiger partial charge < -0.3 is 19.5 Å². The molecule has 0 aromatic heterocycles. The lowest BCUT2D eigenvalue weighted by atomic mass is 9.95. The van der Waals surface area contributed by atoms with Crippen LogP contribution in [0.25, 0.3) is 5.76 Å². The molecule has 3 rings (SSSR count). The average molecular weight is 438 g/mol. The second-order valence-electron chi connectivity index (χ2n) is 8.43. The van der Waals surface area contributed by atoms with E-state index in [0.29, 0.717) is 37.7 Å². The van der Waals surface area contributed by atoms with E-state index < -0.39 is 17.7 Å². The molecule has 1 amide bonds. The molecule has 1 saturated heterocycles. The fourth-order valence-corrected chi connectivity index (χ4v) is 3.84. The topological polar surface area (TPSA) is 76.1 Å². The van der Waals surface area contributed by atoms with Crippen molar-refractivity contribution in [2.45, 2.75) is 33.2 Å². The number of aliphatic hydroxyl groups excluding tert-OH is 1. The van der Waals surface area contributed by atoms with Crippen molar-refractivity contribution in [2.24, 2.45) is 5.92 Å². The quantitative estimate of drug-likeness (QED) is 0.271. The van der Waals surface area contributed by atoms with Crippen molar-refractivity contribution < 1.29 is 24.2 Å². The highest BCUT2D eigenvalue weighted by atomic mass is 16.5. The second kappa shape index (κ2) is 10.5. The van der Waals surface area contributed by atoms with Crippen LogP contribution < -0.4 is 4.74 Å². The Kier molecular flexibility index (Phi) is 7.70. The van der Waals surface area contributed by atoms with Gasteiger partial charge in [-0.3, -0.25) is 9.59 Å². The van der Waals surface area contributed by atoms with Crippen molar-refractivity contribution in [3.63, 3.8) is 0 Å². The fraction of sp³-hybridized carbons (Fsp3) is 0.385. The third-order valence-electron chi connectivity index (χ3n) is 5.42. The van der Waals surface area contributed by atoms with Gasteiger partial charge in [0.05, 0.1) is 18.2 Å². The number of Topliss-reactive ketones (excluding diaryl/α,β-unsaturated/α-hetero) is 1. The molecule has 1 N–H and O–H groups in total. The van der Waals surface area contributed by atoms with Gasteiger partial charge in [-0.2, -0.15) is 0 Å². The number of likely N-dealkylation sites (tertiary alicyclic amines) is 1. The van der Waals surface area contributed by atoms with Gasteiger partial charge in [-0.15, -0.1) is 0 Å². The van der Waals surface area contributed by atoms with E-state index in [1.165, 1.54) is 4.90 Å². The molecule has 6 heteroatoms. The number of rotatable bonds is 9. The number of aliphatic hydroxyl groups is 1. The molecule has 1 heterocycles. The normalized spacial score (nSPS) is 17.9. The van der Waals surface area contributed by atoms with Gasteiger partial charge in [0, 0.05) is 25.8 Å². The second-order valence-corrected chi connectivity index (χ2v) is 8.43. The zero-order chi connectivity index (χ0) is 23.3. The Bertz CT molecular complexity index is 997. The van der Waals surface area contributed by atoms with Crippen LogP contribution in [-0.4, -0.2) is 48.6 Å². The monoisotopic (exact) mass is 437 g/mol. The smallest absolute Gasteiger partial charge is 0.295 e. The van der Waals surface area contributed by atoms with E-state index in [4.69, 9.17) is 9.47 Å². The van der Waals surface area contributed by atoms with Crippen LogP contribution in [0.5, 0.6) is 5.75 Å². The van der Waals surface area contributed by atoms with Crippen LogP contribution in [0.4, 0.5) is 0 Å². The summed E-state index contributed by atoms with van der Waals surface area (Å²) in [6.45, 7) is 7.46. The van der Waals surface area contributed by atoms with Gasteiger partial charge in [-0.1, -0.05) is 44.2 Å². The first-order valence-electron chi connectivity index (χ1n) is 10.9. The number of methoxy groups -OCH3 is 1. The van der Waals surface area contributed by atoms with Crippen LogP contribution in [0.2, 0.25) is 0 Å². The molecule has 0 aliphatic carbocycles. The Morgan fingerprint density at radius 2 is 1.84 bits per heavy atom. The summed E-state index contributed by atoms with van der Waals surface area (Å²) in [7, 11) is 1.60. The predicted octanol–water partition coefficient (Wildman–Crippen LogP) is 4.49. The number of hydrogen-bond acceptors (Lipinski definition) is 5. The van der Waals surface area contributed by atoms with E-state index in [1.807, 2.05) is 37.3 Å². The van der Waals surface area contributed by atoms with Gasteiger partial charge in [0.1, 0.15) is 11.5 Å². The van der Waals surface area contributed by atoms with Gasteiger partial charge in [-0.25, -0.2) is 0 Å². The molecule has 2 aromatic rings. The van der Waals surface area contributed by atoms with Crippen molar-refractivity contribution in [1.29, 1.82) is 0 Å². The summed E-state index contributed by atoms with van der Waals surface area (Å²) >= 11 is 0. The van der Waals surface area contributed by atoms with Crippen LogP contribution in [0.3, 0.4) is 0 Å². The van der Waals surface area contributed by atoms with Crippen LogP contribution >= 0.6 is 0 Å². The predicted molar refractivity (Wildman–Crippen MR) is 123 cm³/mol. The van der Waals surface area contributed by atoms with Gasteiger partial charge in [0.25, 0.3) is 11.7 Å². The highest BCUT2D eigenvalue weighted by molar-refractivity contribution is 6.46. The maximum Gasteiger partial charge on any atom is 0.295 e. The summed E-state index contributed by atoms with van der Waals surface area (Å²) < 4.78 is 10.9. The van der Waals surface area contributed by atoms with Gasteiger partial charge >= 0.3 is 0 Å². The molecule has 170 valence electrons. The molecule has 6 nitrogen and oxygen atoms in total. The minimum Gasteiger partial charge on any atom is -0.507 e. The molecule has 1 atom stereocenters. The fourth-order valence-electron chi connectivity index (χ4n) is 3.84. The first-order chi connectivity index (χ1) is 15.3. The molecule has 32 heavy (non-hydrogen) atoms. The molecule has 0 saturated carbocycles. The Morgan fingerprint density at radius 3 is 2.47 bits per heavy atom. The number of ether oxygens (including phenoxy) is 2. The number of carbonyl (C=O) groups is 2. The van der Waals surface area contributed by atoms with E-state index in [2.05, 4.69) is 13.8 Å². The number of amides is 1. The number of carbonyl (C=O) groups excluding carboxylic acids is 2. The molecule has 1 aliphatic heterocycles. The highest BCUT2D eigenvalue weighted by Gasteiger charge is 2.45. The van der Waals surface area contributed by atoms with Crippen molar-refractivity contribution in [1.82, 2.24) is 4.90 Å². The first kappa shape index (κ1) is 23.5. The first-order valence-corrected chi connectivity index (χ1v) is 10.9. The number of ketones is 1. The maximum absolute atomic E-state index is 13.0. The van der Waals surface area contributed by atoms with E-state index in [1.54, 1.807) is 25.3 Å². The maximum atomic E-state index is 13.0. The Labute approximate surface area is 189 Å². The minimum absolute atomic E-state index is 0.105. The van der Waals surface area contributed by atoms with E-state index in [-0.39, 0.29) is 11.3 Å². The molecule has 0 unspecified atom stereocenters. The molecular formula is C26H31NO5. The van der Waals surface area contributed by atoms with Crippen LogP contribution in [0.1, 0.15) is 43.0 Å². The van der Waals surface area contributed by atoms with E-state index in [0.717, 1.165) is 16.9 Å². The highest BCUT2D eigenvalue weighted by Crippen LogP contribution is 2.39. The van der Waals surface area contributed by atoms with E-state index >= 15 is 0 Å². The Hall–Kier alpha value is -3.12. The number of benzene rings is 2. The summed E-state index contributed by atoms with van der Waals surface area (Å²) in [6, 6.07) is 14.0. The van der Waals surface area contributed by atoms with Crippen molar-refractivity contribution >= 4 is 17.4 Å². The number of hydrogen-bond donors (Lipinski definition) is 1. The Balaban J connectivity index is 2.03. The molecule has 1 aliphatic rings. The van der Waals surface area contributed by atoms with E-state index in [9.17, 15) is 14.7 Å². The third-order valence-corrected chi connectivity index (χ3v) is 5.42. The lowest BCUT2D eigenvalue weighted by Crippen LogP contribution is -2.31. The lowest BCUT2D eigenvalue weighted by Gasteiger charge is -2.25. The van der Waals surface area contributed by atoms with Crippen LogP contribution in [0.15, 0.2) is 54.1 Å². The number of aryl methyl sites for hydroxylation is 1. The minimum atomic E-state index is -0.674. The average Bonchev–Trinajstić information content (AvgIpc) is 3.03. The van der Waals surface area contributed by atoms with Crippen LogP contribution in [0, 0.1) is 12.8 Å². The zero-order valence-electron chi connectivity index (χ0n) is 19.1. The van der Waals surface area contributed by atoms with Crippen molar-refractivity contribution in [3.8, 4) is 5.75 Å². The summed E-state index contributed by atoms with van der Waals surface area (Å²) in [5.74, 6) is -0.334. The molecule has 2 aromatic carbocycles. The van der Waals surface area contributed by atoms with Crippen molar-refractivity contribution in [2.75, 3.05) is 26.9 Å².